The van der Waals surface area contributed by atoms with Crippen LogP contribution in [-0.4, -0.2) is 12.3 Å². The van der Waals surface area contributed by atoms with Crippen molar-refractivity contribution in [1.29, 1.82) is 0 Å². The highest BCUT2D eigenvalue weighted by Crippen LogP contribution is 2.46. The first-order valence-electron chi connectivity index (χ1n) is 7.56. The van der Waals surface area contributed by atoms with Gasteiger partial charge < -0.3 is 0 Å². The molecular formula is C18H18I4O2S. The van der Waals surface area contributed by atoms with Gasteiger partial charge in [-0.15, -0.1) is 0 Å². The summed E-state index contributed by atoms with van der Waals surface area (Å²) in [6.07, 6.45) is 0. The van der Waals surface area contributed by atoms with Crippen LogP contribution in [-0.2, 0) is 9.84 Å². The van der Waals surface area contributed by atoms with Crippen molar-refractivity contribution in [1.82, 2.24) is 0 Å². The topological polar surface area (TPSA) is 34.1 Å². The molecule has 0 saturated heterocycles. The molecule has 2 aromatic rings. The zero-order valence-electron chi connectivity index (χ0n) is 13.7. The molecule has 0 fully saturated rings. The van der Waals surface area contributed by atoms with Crippen molar-refractivity contribution in [3.05, 3.63) is 70.8 Å². The van der Waals surface area contributed by atoms with Crippen LogP contribution in [0.15, 0.2) is 48.5 Å². The van der Waals surface area contributed by atoms with Crippen LogP contribution in [0.1, 0.15) is 32.8 Å². The second-order valence-corrected chi connectivity index (χ2v) is 18.2. The summed E-state index contributed by atoms with van der Waals surface area (Å²) in [5.74, 6) is 0. The maximum absolute atomic E-state index is 13.7. The fraction of sp³-hybridized carbons (Fsp3) is 0.333. The van der Waals surface area contributed by atoms with Crippen LogP contribution >= 0.6 is 90.4 Å². The molecule has 0 aromatic heterocycles. The molecule has 0 saturated carbocycles. The second-order valence-electron chi connectivity index (χ2n) is 5.92. The molecule has 0 aliphatic rings. The normalized spacial score (nSPS) is 14.7. The minimum atomic E-state index is -3.42. The van der Waals surface area contributed by atoms with Gasteiger partial charge in [-0.25, -0.2) is 8.42 Å². The van der Waals surface area contributed by atoms with E-state index in [9.17, 15) is 8.42 Å². The molecule has 0 radical (unpaired) electrons. The Labute approximate surface area is 204 Å². The third-order valence-corrected chi connectivity index (χ3v) is 11.3. The standard InChI is InChI=1S/C18H18I4O2S/c1-11-3-7-13(8-4-11)15(17(19)20)25(23,24)16(18(21)22)14-9-5-12(2)6-10-14/h3-10,15-18H,1-2H3. The molecule has 2 unspecified atom stereocenters. The van der Waals surface area contributed by atoms with Crippen molar-refractivity contribution < 1.29 is 8.42 Å². The molecule has 7 heteroatoms. The van der Waals surface area contributed by atoms with Gasteiger partial charge in [0.1, 0.15) is 10.5 Å². The molecule has 0 heterocycles. The molecule has 0 N–H and O–H groups in total. The summed E-state index contributed by atoms with van der Waals surface area (Å²) in [7, 11) is -3.42. The van der Waals surface area contributed by atoms with Crippen molar-refractivity contribution in [3.63, 3.8) is 0 Å². The third kappa shape index (κ3) is 5.66. The van der Waals surface area contributed by atoms with E-state index in [4.69, 9.17) is 0 Å². The zero-order chi connectivity index (χ0) is 18.8. The van der Waals surface area contributed by atoms with Gasteiger partial charge >= 0.3 is 0 Å². The molecule has 2 aromatic carbocycles. The van der Waals surface area contributed by atoms with Crippen LogP contribution in [0.5, 0.6) is 0 Å². The quantitative estimate of drug-likeness (QED) is 0.236. The van der Waals surface area contributed by atoms with Crippen LogP contribution in [0, 0.1) is 13.8 Å². The molecule has 0 amide bonds. The van der Waals surface area contributed by atoms with Crippen molar-refractivity contribution in [2.75, 3.05) is 0 Å². The van der Waals surface area contributed by atoms with Gasteiger partial charge in [-0.1, -0.05) is 150 Å². The summed E-state index contributed by atoms with van der Waals surface area (Å²) in [4.78, 5) is 0. The van der Waals surface area contributed by atoms with Crippen LogP contribution in [0.4, 0.5) is 0 Å². The van der Waals surface area contributed by atoms with Gasteiger partial charge in [-0.2, -0.15) is 0 Å². The molecular weight excluding hydrogens is 788 g/mol. The lowest BCUT2D eigenvalue weighted by atomic mass is 10.1. The van der Waals surface area contributed by atoms with E-state index in [2.05, 4.69) is 90.4 Å². The number of alkyl halides is 4. The van der Waals surface area contributed by atoms with Crippen LogP contribution in [0.3, 0.4) is 0 Å². The summed E-state index contributed by atoms with van der Waals surface area (Å²) < 4.78 is 27.2. The predicted molar refractivity (Wildman–Crippen MR) is 140 cm³/mol. The highest BCUT2D eigenvalue weighted by atomic mass is 127. The number of rotatable bonds is 6. The smallest absolute Gasteiger partial charge is 0.167 e. The number of hydrogen-bond donors (Lipinski definition) is 0. The van der Waals surface area contributed by atoms with Gasteiger partial charge in [0.15, 0.2) is 9.84 Å². The average Bonchev–Trinajstić information content (AvgIpc) is 2.50. The Morgan fingerprint density at radius 3 is 1.16 bits per heavy atom. The summed E-state index contributed by atoms with van der Waals surface area (Å²) in [6.45, 7) is 4.03. The van der Waals surface area contributed by atoms with Gasteiger partial charge in [0, 0.05) is 0 Å². The van der Waals surface area contributed by atoms with Crippen molar-refractivity contribution >= 4 is 100 Å². The lowest BCUT2D eigenvalue weighted by molar-refractivity contribution is 0.577. The molecule has 2 atom stereocenters. The third-order valence-electron chi connectivity index (χ3n) is 3.98. The first-order chi connectivity index (χ1) is 11.6. The van der Waals surface area contributed by atoms with Gasteiger partial charge in [-0.3, -0.25) is 0 Å². The first-order valence-corrected chi connectivity index (χ1v) is 14.2. The molecule has 2 nitrogen and oxygen atoms in total. The van der Waals surface area contributed by atoms with E-state index in [1.165, 1.54) is 0 Å². The Kier molecular flexibility index (Phi) is 8.75. The summed E-state index contributed by atoms with van der Waals surface area (Å²) >= 11 is 8.90. The van der Waals surface area contributed by atoms with Gasteiger partial charge in [0.05, 0.1) is 3.86 Å². The fourth-order valence-corrected chi connectivity index (χ4v) is 11.2. The number of benzene rings is 2. The lowest BCUT2D eigenvalue weighted by Crippen LogP contribution is -2.28. The van der Waals surface area contributed by atoms with E-state index in [1.54, 1.807) is 0 Å². The van der Waals surface area contributed by atoms with Crippen LogP contribution in [0.25, 0.3) is 0 Å². The van der Waals surface area contributed by atoms with E-state index in [0.29, 0.717) is 0 Å². The predicted octanol–water partition coefficient (Wildman–Crippen LogP) is 6.89. The molecule has 0 aliphatic heterocycles. The van der Waals surface area contributed by atoms with Gasteiger partial charge in [0.25, 0.3) is 0 Å². The summed E-state index contributed by atoms with van der Waals surface area (Å²) in [6, 6.07) is 15.7. The summed E-state index contributed by atoms with van der Waals surface area (Å²) in [5.41, 5.74) is 4.00. The van der Waals surface area contributed by atoms with Crippen molar-refractivity contribution in [2.45, 2.75) is 28.2 Å². The first kappa shape index (κ1) is 22.6. The van der Waals surface area contributed by atoms with E-state index >= 15 is 0 Å². The number of hydrogen-bond acceptors (Lipinski definition) is 2. The molecule has 0 aliphatic carbocycles. The zero-order valence-corrected chi connectivity index (χ0v) is 23.1. The second kappa shape index (κ2) is 9.68. The minimum absolute atomic E-state index is 0.0533. The molecule has 0 spiro atoms. The molecule has 0 bridgehead atoms. The maximum Gasteiger partial charge on any atom is 0.167 e. The van der Waals surface area contributed by atoms with E-state index in [-0.39, 0.29) is 3.86 Å². The molecule has 2 rings (SSSR count). The van der Waals surface area contributed by atoms with Crippen LogP contribution < -0.4 is 0 Å². The number of sulfone groups is 1. The van der Waals surface area contributed by atoms with Crippen molar-refractivity contribution in [3.8, 4) is 0 Å². The lowest BCUT2D eigenvalue weighted by Gasteiger charge is -2.27. The van der Waals surface area contributed by atoms with E-state index in [1.807, 2.05) is 62.4 Å². The SMILES string of the molecule is Cc1ccc(C(C(I)I)S(=O)(=O)C(c2ccc(C)cc2)C(I)I)cc1. The molecule has 25 heavy (non-hydrogen) atoms. The largest absolute Gasteiger partial charge is 0.227 e. The highest BCUT2D eigenvalue weighted by Gasteiger charge is 2.41. The average molecular weight is 806 g/mol. The monoisotopic (exact) mass is 806 g/mol. The Morgan fingerprint density at radius 2 is 0.920 bits per heavy atom. The Bertz CT molecular complexity index is 736. The van der Waals surface area contributed by atoms with E-state index in [0.717, 1.165) is 22.3 Å². The molecule has 136 valence electrons. The van der Waals surface area contributed by atoms with Gasteiger partial charge in [-0.05, 0) is 25.0 Å². The van der Waals surface area contributed by atoms with Crippen molar-refractivity contribution in [2.24, 2.45) is 0 Å². The Balaban J connectivity index is 2.56. The Hall–Kier alpha value is 1.31. The highest BCUT2D eigenvalue weighted by molar-refractivity contribution is 14.2. The Morgan fingerprint density at radius 1 is 0.640 bits per heavy atom. The van der Waals surface area contributed by atoms with Gasteiger partial charge in [0.2, 0.25) is 0 Å². The number of halogens is 4. The van der Waals surface area contributed by atoms with E-state index < -0.39 is 20.3 Å². The summed E-state index contributed by atoms with van der Waals surface area (Å²) in [5, 5.41) is -1.07. The van der Waals surface area contributed by atoms with Crippen LogP contribution in [0.2, 0.25) is 0 Å². The minimum Gasteiger partial charge on any atom is -0.227 e. The fourth-order valence-electron chi connectivity index (χ4n) is 2.63. The maximum atomic E-state index is 13.7. The number of aryl methyl sites for hydroxylation is 2.